The Hall–Kier alpha value is -1.76. The van der Waals surface area contributed by atoms with Gasteiger partial charge in [0.25, 0.3) is 0 Å². The van der Waals surface area contributed by atoms with Crippen LogP contribution in [0.25, 0.3) is 0 Å². The number of hydrogen-bond acceptors (Lipinski definition) is 3. The van der Waals surface area contributed by atoms with Crippen LogP contribution in [0.3, 0.4) is 0 Å². The van der Waals surface area contributed by atoms with Crippen LogP contribution in [0, 0.1) is 0 Å². The average Bonchev–Trinajstić information content (AvgIpc) is 2.40. The number of carbonyl (C=O) groups is 1. The fourth-order valence-corrected chi connectivity index (χ4v) is 2.65. The second-order valence-corrected chi connectivity index (χ2v) is 5.60. The molecule has 2 rings (SSSR count). The molecule has 1 heterocycles. The summed E-state index contributed by atoms with van der Waals surface area (Å²) >= 11 is 0. The minimum atomic E-state index is -4.21. The number of aromatic hydroxyl groups is 1. The van der Waals surface area contributed by atoms with Crippen LogP contribution in [-0.4, -0.2) is 47.8 Å². The third kappa shape index (κ3) is 5.55. The highest BCUT2D eigenvalue weighted by molar-refractivity contribution is 5.78. The van der Waals surface area contributed by atoms with E-state index in [9.17, 15) is 23.1 Å². The number of amides is 1. The normalized spacial score (nSPS) is 19.9. The lowest BCUT2D eigenvalue weighted by molar-refractivity contribution is -0.148. The molecule has 0 aliphatic carbocycles. The van der Waals surface area contributed by atoms with E-state index in [1.165, 1.54) is 17.0 Å². The van der Waals surface area contributed by atoms with Crippen LogP contribution in [-0.2, 0) is 11.2 Å². The molecule has 0 bridgehead atoms. The number of phenols is 1. The molecule has 4 nitrogen and oxygen atoms in total. The quantitative estimate of drug-likeness (QED) is 0.894. The maximum atomic E-state index is 12.4. The van der Waals surface area contributed by atoms with Gasteiger partial charge in [-0.1, -0.05) is 12.1 Å². The highest BCUT2D eigenvalue weighted by Crippen LogP contribution is 2.20. The molecule has 1 aliphatic rings. The Labute approximate surface area is 126 Å². The molecule has 22 heavy (non-hydrogen) atoms. The van der Waals surface area contributed by atoms with Gasteiger partial charge in [-0.05, 0) is 37.1 Å². The summed E-state index contributed by atoms with van der Waals surface area (Å²) in [6.07, 6.45) is -2.73. The second kappa shape index (κ2) is 7.00. The minimum Gasteiger partial charge on any atom is -0.508 e. The van der Waals surface area contributed by atoms with E-state index in [2.05, 4.69) is 5.32 Å². The summed E-state index contributed by atoms with van der Waals surface area (Å²) in [6, 6.07) is 6.03. The third-order valence-corrected chi connectivity index (χ3v) is 3.57. The zero-order chi connectivity index (χ0) is 16.2. The molecular formula is C15H19F3N2O2. The molecular weight excluding hydrogens is 297 g/mol. The van der Waals surface area contributed by atoms with Crippen molar-refractivity contribution in [2.45, 2.75) is 31.5 Å². The molecule has 1 aliphatic heterocycles. The van der Waals surface area contributed by atoms with E-state index < -0.39 is 12.7 Å². The van der Waals surface area contributed by atoms with E-state index in [1.54, 1.807) is 12.1 Å². The largest absolute Gasteiger partial charge is 0.508 e. The fourth-order valence-electron chi connectivity index (χ4n) is 2.65. The number of nitrogens with zero attached hydrogens (tertiary/aromatic N) is 1. The number of piperidine rings is 1. The number of hydrogen-bond donors (Lipinski definition) is 2. The molecule has 2 N–H and O–H groups in total. The van der Waals surface area contributed by atoms with E-state index in [-0.39, 0.29) is 30.7 Å². The van der Waals surface area contributed by atoms with E-state index >= 15 is 0 Å². The standard InChI is InChI=1S/C15H19F3N2O2/c16-15(17,18)10-20-7-1-2-12(9-20)19-14(22)8-11-3-5-13(21)6-4-11/h3-6,12,21H,1-2,7-10H2,(H,19,22). The molecule has 1 aromatic rings. The first-order chi connectivity index (χ1) is 10.3. The molecule has 1 fully saturated rings. The lowest BCUT2D eigenvalue weighted by Gasteiger charge is -2.33. The van der Waals surface area contributed by atoms with Crippen LogP contribution >= 0.6 is 0 Å². The highest BCUT2D eigenvalue weighted by Gasteiger charge is 2.33. The first-order valence-corrected chi connectivity index (χ1v) is 7.18. The molecule has 1 atom stereocenters. The number of rotatable bonds is 4. The van der Waals surface area contributed by atoms with Crippen LogP contribution < -0.4 is 5.32 Å². The maximum absolute atomic E-state index is 12.4. The summed E-state index contributed by atoms with van der Waals surface area (Å²) in [4.78, 5) is 13.3. The minimum absolute atomic E-state index is 0.124. The number of alkyl halides is 3. The highest BCUT2D eigenvalue weighted by atomic mass is 19.4. The molecule has 1 saturated heterocycles. The summed E-state index contributed by atoms with van der Waals surface area (Å²) in [7, 11) is 0. The Bertz CT molecular complexity index is 503. The van der Waals surface area contributed by atoms with Crippen molar-refractivity contribution >= 4 is 5.91 Å². The lowest BCUT2D eigenvalue weighted by Crippen LogP contribution is -2.50. The van der Waals surface area contributed by atoms with Crippen molar-refractivity contribution in [3.8, 4) is 5.75 Å². The van der Waals surface area contributed by atoms with Gasteiger partial charge in [0, 0.05) is 12.6 Å². The van der Waals surface area contributed by atoms with Crippen LogP contribution in [0.5, 0.6) is 5.75 Å². The van der Waals surface area contributed by atoms with Crippen molar-refractivity contribution in [3.05, 3.63) is 29.8 Å². The Kier molecular flexibility index (Phi) is 5.28. The number of phenolic OH excluding ortho intramolecular Hbond substituents is 1. The maximum Gasteiger partial charge on any atom is 0.401 e. The summed E-state index contributed by atoms with van der Waals surface area (Å²) in [5.41, 5.74) is 0.748. The van der Waals surface area contributed by atoms with Crippen LogP contribution in [0.15, 0.2) is 24.3 Å². The number of benzene rings is 1. The van der Waals surface area contributed by atoms with Gasteiger partial charge in [-0.2, -0.15) is 13.2 Å². The van der Waals surface area contributed by atoms with Crippen LogP contribution in [0.1, 0.15) is 18.4 Å². The Morgan fingerprint density at radius 2 is 2.00 bits per heavy atom. The molecule has 1 unspecified atom stereocenters. The number of carbonyl (C=O) groups excluding carboxylic acids is 1. The van der Waals surface area contributed by atoms with Gasteiger partial charge >= 0.3 is 6.18 Å². The van der Waals surface area contributed by atoms with Crippen molar-refractivity contribution in [1.82, 2.24) is 10.2 Å². The van der Waals surface area contributed by atoms with Gasteiger partial charge in [-0.3, -0.25) is 9.69 Å². The summed E-state index contributed by atoms with van der Waals surface area (Å²) < 4.78 is 37.2. The monoisotopic (exact) mass is 316 g/mol. The SMILES string of the molecule is O=C(Cc1ccc(O)cc1)NC1CCCN(CC(F)(F)F)C1. The van der Waals surface area contributed by atoms with E-state index in [0.29, 0.717) is 19.4 Å². The zero-order valence-corrected chi connectivity index (χ0v) is 12.1. The van der Waals surface area contributed by atoms with Crippen LogP contribution in [0.4, 0.5) is 13.2 Å². The Morgan fingerprint density at radius 1 is 1.32 bits per heavy atom. The van der Waals surface area contributed by atoms with Gasteiger partial charge in [0.05, 0.1) is 13.0 Å². The number of likely N-dealkylation sites (tertiary alicyclic amines) is 1. The van der Waals surface area contributed by atoms with Gasteiger partial charge in [0.15, 0.2) is 0 Å². The fraction of sp³-hybridized carbons (Fsp3) is 0.533. The second-order valence-electron chi connectivity index (χ2n) is 5.60. The number of nitrogens with one attached hydrogen (secondary N) is 1. The molecule has 0 spiro atoms. The van der Waals surface area contributed by atoms with Crippen molar-refractivity contribution in [1.29, 1.82) is 0 Å². The third-order valence-electron chi connectivity index (χ3n) is 3.57. The van der Waals surface area contributed by atoms with Gasteiger partial charge in [0.2, 0.25) is 5.91 Å². The van der Waals surface area contributed by atoms with E-state index in [0.717, 1.165) is 5.56 Å². The summed E-state index contributed by atoms with van der Waals surface area (Å²) in [6.45, 7) is -0.304. The molecule has 122 valence electrons. The molecule has 0 aromatic heterocycles. The first kappa shape index (κ1) is 16.6. The van der Waals surface area contributed by atoms with Crippen molar-refractivity contribution in [3.63, 3.8) is 0 Å². The predicted octanol–water partition coefficient (Wildman–Crippen LogP) is 2.08. The zero-order valence-electron chi connectivity index (χ0n) is 12.1. The molecule has 7 heteroatoms. The predicted molar refractivity (Wildman–Crippen MR) is 75.5 cm³/mol. The van der Waals surface area contributed by atoms with Crippen molar-refractivity contribution < 1.29 is 23.1 Å². The van der Waals surface area contributed by atoms with E-state index in [1.807, 2.05) is 0 Å². The molecule has 0 saturated carbocycles. The first-order valence-electron chi connectivity index (χ1n) is 7.18. The summed E-state index contributed by atoms with van der Waals surface area (Å²) in [5.74, 6) is -0.0937. The van der Waals surface area contributed by atoms with Gasteiger partial charge < -0.3 is 10.4 Å². The van der Waals surface area contributed by atoms with Crippen molar-refractivity contribution in [2.24, 2.45) is 0 Å². The van der Waals surface area contributed by atoms with Gasteiger partial charge in [0.1, 0.15) is 5.75 Å². The van der Waals surface area contributed by atoms with Gasteiger partial charge in [-0.25, -0.2) is 0 Å². The van der Waals surface area contributed by atoms with Crippen molar-refractivity contribution in [2.75, 3.05) is 19.6 Å². The average molecular weight is 316 g/mol. The molecule has 1 aromatic carbocycles. The topological polar surface area (TPSA) is 52.6 Å². The van der Waals surface area contributed by atoms with Crippen LogP contribution in [0.2, 0.25) is 0 Å². The molecule has 0 radical (unpaired) electrons. The van der Waals surface area contributed by atoms with Gasteiger partial charge in [-0.15, -0.1) is 0 Å². The number of halogens is 3. The molecule has 1 amide bonds. The lowest BCUT2D eigenvalue weighted by atomic mass is 10.0. The summed E-state index contributed by atoms with van der Waals surface area (Å²) in [5, 5.41) is 12.0. The Balaban J connectivity index is 1.82. The van der Waals surface area contributed by atoms with E-state index in [4.69, 9.17) is 0 Å². The Morgan fingerprint density at radius 3 is 2.64 bits per heavy atom. The smallest absolute Gasteiger partial charge is 0.401 e.